The van der Waals surface area contributed by atoms with Crippen LogP contribution in [-0.4, -0.2) is 33.5 Å². The monoisotopic (exact) mass is 182 g/mol. The highest BCUT2D eigenvalue weighted by Gasteiger charge is 2.23. The van der Waals surface area contributed by atoms with Crippen molar-refractivity contribution >= 4 is 8.80 Å². The first-order chi connectivity index (χ1) is 5.52. The van der Waals surface area contributed by atoms with Gasteiger partial charge in [-0.3, -0.25) is 0 Å². The van der Waals surface area contributed by atoms with Gasteiger partial charge in [-0.2, -0.15) is 0 Å². The predicted molar refractivity (Wildman–Crippen MR) is 57.7 cm³/mol. The van der Waals surface area contributed by atoms with Crippen LogP contribution in [0, 0.1) is 0 Å². The fraction of sp³-hybridized carbons (Fsp3) is 0.600. The van der Waals surface area contributed by atoms with Gasteiger partial charge in [0.05, 0.1) is 29.1 Å². The average molecular weight is 182 g/mol. The van der Waals surface area contributed by atoms with Crippen LogP contribution in [-0.2, 0) is 0 Å². The minimum absolute atomic E-state index is 0.448. The molecule has 1 aliphatic carbocycles. The predicted octanol–water partition coefficient (Wildman–Crippen LogP) is 1.93. The third-order valence-electron chi connectivity index (χ3n) is 2.35. The van der Waals surface area contributed by atoms with Gasteiger partial charge in [-0.05, 0) is 6.08 Å². The molecule has 0 spiro atoms. The molecule has 0 amide bonds. The minimum atomic E-state index is -0.448. The number of hydrogen-bond donors (Lipinski definition) is 0. The van der Waals surface area contributed by atoms with Crippen LogP contribution < -0.4 is 0 Å². The number of hydrogen-bond acceptors (Lipinski definition) is 0. The van der Waals surface area contributed by atoms with E-state index in [9.17, 15) is 0 Å². The van der Waals surface area contributed by atoms with Crippen molar-refractivity contribution < 1.29 is 4.48 Å². The van der Waals surface area contributed by atoms with Crippen molar-refractivity contribution in [2.45, 2.75) is 19.5 Å². The van der Waals surface area contributed by atoms with Gasteiger partial charge in [-0.1, -0.05) is 25.2 Å². The Morgan fingerprint density at radius 2 is 2.08 bits per heavy atom. The molecule has 68 valence electrons. The smallest absolute Gasteiger partial charge is 0.112 e. The Balaban J connectivity index is 2.59. The summed E-state index contributed by atoms with van der Waals surface area (Å²) in [6, 6.07) is 0. The van der Waals surface area contributed by atoms with E-state index in [1.54, 1.807) is 5.70 Å². The minimum Gasteiger partial charge on any atom is -0.303 e. The first-order valence-electron chi connectivity index (χ1n) is 4.71. The molecule has 0 saturated heterocycles. The maximum absolute atomic E-state index is 2.42. The topological polar surface area (TPSA) is 0 Å². The van der Waals surface area contributed by atoms with Gasteiger partial charge >= 0.3 is 0 Å². The van der Waals surface area contributed by atoms with Crippen molar-refractivity contribution in [2.75, 3.05) is 20.3 Å². The van der Waals surface area contributed by atoms with Gasteiger partial charge in [0.15, 0.2) is 0 Å². The molecule has 0 saturated carbocycles. The van der Waals surface area contributed by atoms with Gasteiger partial charge in [0, 0.05) is 6.42 Å². The van der Waals surface area contributed by atoms with Crippen molar-refractivity contribution in [1.82, 2.24) is 0 Å². The second kappa shape index (κ2) is 3.58. The molecule has 1 aliphatic rings. The zero-order valence-corrected chi connectivity index (χ0v) is 9.83. The Hall–Kier alpha value is -0.343. The van der Waals surface area contributed by atoms with Crippen LogP contribution >= 0.6 is 0 Å². The molecule has 0 aromatic heterocycles. The third-order valence-corrected chi connectivity index (χ3v) is 3.99. The highest BCUT2D eigenvalue weighted by Crippen LogP contribution is 2.20. The normalized spacial score (nSPS) is 17.2. The Bertz CT molecular complexity index is 214. The molecule has 0 aromatic carbocycles. The lowest BCUT2D eigenvalue weighted by molar-refractivity contribution is -0.842. The lowest BCUT2D eigenvalue weighted by Gasteiger charge is -2.32. The van der Waals surface area contributed by atoms with E-state index in [2.05, 4.69) is 45.4 Å². The Morgan fingerprint density at radius 1 is 1.42 bits per heavy atom. The zero-order chi connectivity index (χ0) is 9.19. The summed E-state index contributed by atoms with van der Waals surface area (Å²) in [4.78, 5) is 0. The number of quaternary nitrogens is 1. The summed E-state index contributed by atoms with van der Waals surface area (Å²) in [5.74, 6) is 0. The van der Waals surface area contributed by atoms with Gasteiger partial charge < -0.3 is 4.48 Å². The molecule has 0 radical (unpaired) electrons. The SMILES string of the molecule is C[SiH](C)C[N+](C)(C)C1=CC=CC1. The standard InChI is InChI=1S/C10H20NSi/c1-11(2,9-12(3)4)10-7-5-6-8-10/h5-7,12H,8-9H2,1-4H3/q+1. The first-order valence-corrected chi connectivity index (χ1v) is 7.84. The molecule has 1 nitrogen and oxygen atoms in total. The molecule has 0 aliphatic heterocycles. The van der Waals surface area contributed by atoms with E-state index >= 15 is 0 Å². The summed E-state index contributed by atoms with van der Waals surface area (Å²) in [7, 11) is 4.20. The Labute approximate surface area is 77.6 Å². The molecule has 0 atom stereocenters. The van der Waals surface area contributed by atoms with Crippen LogP contribution in [0.3, 0.4) is 0 Å². The van der Waals surface area contributed by atoms with E-state index in [-0.39, 0.29) is 0 Å². The molecular formula is C10H20NSi+. The fourth-order valence-corrected chi connectivity index (χ4v) is 3.98. The van der Waals surface area contributed by atoms with Crippen molar-refractivity contribution in [1.29, 1.82) is 0 Å². The van der Waals surface area contributed by atoms with Crippen LogP contribution in [0.4, 0.5) is 0 Å². The van der Waals surface area contributed by atoms with Gasteiger partial charge in [-0.25, -0.2) is 0 Å². The van der Waals surface area contributed by atoms with Gasteiger partial charge in [0.1, 0.15) is 5.70 Å². The molecule has 2 heteroatoms. The number of nitrogens with zero attached hydrogens (tertiary/aromatic N) is 1. The molecule has 0 N–H and O–H groups in total. The van der Waals surface area contributed by atoms with E-state index in [1.165, 1.54) is 6.17 Å². The van der Waals surface area contributed by atoms with Crippen molar-refractivity contribution in [2.24, 2.45) is 0 Å². The maximum Gasteiger partial charge on any atom is 0.112 e. The molecule has 0 unspecified atom stereocenters. The van der Waals surface area contributed by atoms with Crippen LogP contribution in [0.2, 0.25) is 13.1 Å². The molecular weight excluding hydrogens is 162 g/mol. The molecule has 0 fully saturated rings. The van der Waals surface area contributed by atoms with E-state index in [1.807, 2.05) is 0 Å². The van der Waals surface area contributed by atoms with Crippen molar-refractivity contribution in [3.63, 3.8) is 0 Å². The highest BCUT2D eigenvalue weighted by molar-refractivity contribution is 6.55. The number of rotatable bonds is 3. The van der Waals surface area contributed by atoms with Crippen LogP contribution in [0.5, 0.6) is 0 Å². The lowest BCUT2D eigenvalue weighted by Crippen LogP contribution is -2.43. The molecule has 1 rings (SSSR count). The second-order valence-electron chi connectivity index (χ2n) is 4.55. The largest absolute Gasteiger partial charge is 0.303 e. The average Bonchev–Trinajstić information content (AvgIpc) is 2.32. The summed E-state index contributed by atoms with van der Waals surface area (Å²) in [5, 5.41) is 0. The van der Waals surface area contributed by atoms with Crippen molar-refractivity contribution in [3.05, 3.63) is 23.9 Å². The summed E-state index contributed by atoms with van der Waals surface area (Å²) in [5.41, 5.74) is 1.57. The van der Waals surface area contributed by atoms with E-state index < -0.39 is 8.80 Å². The van der Waals surface area contributed by atoms with E-state index in [0.29, 0.717) is 0 Å². The summed E-state index contributed by atoms with van der Waals surface area (Å²) in [6.07, 6.45) is 9.23. The molecule has 0 aromatic rings. The van der Waals surface area contributed by atoms with Crippen LogP contribution in [0.15, 0.2) is 23.9 Å². The zero-order valence-electron chi connectivity index (χ0n) is 8.67. The fourth-order valence-electron chi connectivity index (χ4n) is 1.91. The maximum atomic E-state index is 2.42. The first kappa shape index (κ1) is 9.74. The lowest BCUT2D eigenvalue weighted by atomic mass is 10.3. The number of allylic oxidation sites excluding steroid dienone is 3. The summed E-state index contributed by atoms with van der Waals surface area (Å²) < 4.78 is 1.11. The highest BCUT2D eigenvalue weighted by atomic mass is 28.3. The van der Waals surface area contributed by atoms with E-state index in [0.717, 1.165) is 10.9 Å². The summed E-state index contributed by atoms with van der Waals surface area (Å²) in [6.45, 7) is 4.84. The van der Waals surface area contributed by atoms with Crippen molar-refractivity contribution in [3.8, 4) is 0 Å². The third kappa shape index (κ3) is 2.32. The van der Waals surface area contributed by atoms with Crippen LogP contribution in [0.25, 0.3) is 0 Å². The van der Waals surface area contributed by atoms with Gasteiger partial charge in [0.2, 0.25) is 0 Å². The Kier molecular flexibility index (Phi) is 2.91. The summed E-state index contributed by atoms with van der Waals surface area (Å²) >= 11 is 0. The Morgan fingerprint density at radius 3 is 2.50 bits per heavy atom. The van der Waals surface area contributed by atoms with Crippen LogP contribution in [0.1, 0.15) is 6.42 Å². The van der Waals surface area contributed by atoms with Gasteiger partial charge in [-0.15, -0.1) is 0 Å². The molecule has 0 bridgehead atoms. The molecule has 12 heavy (non-hydrogen) atoms. The van der Waals surface area contributed by atoms with Gasteiger partial charge in [0.25, 0.3) is 0 Å². The molecule has 0 heterocycles. The second-order valence-corrected chi connectivity index (χ2v) is 7.70. The van der Waals surface area contributed by atoms with E-state index in [4.69, 9.17) is 0 Å². The quantitative estimate of drug-likeness (QED) is 0.462.